The van der Waals surface area contributed by atoms with Gasteiger partial charge in [-0.05, 0) is 52.8 Å². The average molecular weight is 403 g/mol. The Bertz CT molecular complexity index is 1340. The molecular formula is C24H25N3O3. The topological polar surface area (TPSA) is 77.0 Å². The highest BCUT2D eigenvalue weighted by Crippen LogP contribution is 2.36. The Morgan fingerprint density at radius 2 is 1.77 bits per heavy atom. The molecule has 30 heavy (non-hydrogen) atoms. The van der Waals surface area contributed by atoms with Crippen molar-refractivity contribution in [2.24, 2.45) is 0 Å². The summed E-state index contributed by atoms with van der Waals surface area (Å²) < 4.78 is 7.51. The smallest absolute Gasteiger partial charge is 0.326 e. The van der Waals surface area contributed by atoms with Crippen LogP contribution in [0.15, 0.2) is 47.3 Å². The third-order valence-corrected chi connectivity index (χ3v) is 5.12. The number of esters is 1. The average Bonchev–Trinajstić information content (AvgIpc) is 2.92. The first-order chi connectivity index (χ1) is 14.2. The van der Waals surface area contributed by atoms with Crippen molar-refractivity contribution in [3.63, 3.8) is 0 Å². The summed E-state index contributed by atoms with van der Waals surface area (Å²) >= 11 is 0. The van der Waals surface area contributed by atoms with Gasteiger partial charge in [-0.1, -0.05) is 29.8 Å². The van der Waals surface area contributed by atoms with Gasteiger partial charge in [-0.3, -0.25) is 9.59 Å². The second kappa shape index (κ2) is 7.13. The van der Waals surface area contributed by atoms with Gasteiger partial charge in [0.15, 0.2) is 0 Å². The molecule has 0 aliphatic carbocycles. The van der Waals surface area contributed by atoms with Crippen LogP contribution in [0.5, 0.6) is 0 Å². The minimum atomic E-state index is -0.552. The van der Waals surface area contributed by atoms with Crippen molar-refractivity contribution in [1.82, 2.24) is 14.8 Å². The van der Waals surface area contributed by atoms with Crippen LogP contribution in [-0.2, 0) is 16.1 Å². The molecule has 0 radical (unpaired) electrons. The third-order valence-electron chi connectivity index (χ3n) is 5.12. The molecule has 2 aromatic heterocycles. The van der Waals surface area contributed by atoms with Gasteiger partial charge < -0.3 is 9.30 Å². The number of carbonyl (C=O) groups excluding carboxylic acids is 1. The van der Waals surface area contributed by atoms with E-state index < -0.39 is 5.60 Å². The fraction of sp³-hybridized carbons (Fsp3) is 0.292. The van der Waals surface area contributed by atoms with Gasteiger partial charge in [-0.2, -0.15) is 5.10 Å². The number of fused-ring (bicyclic) bond motifs is 2. The number of nitrogens with zero attached hydrogens (tertiary/aromatic N) is 2. The van der Waals surface area contributed by atoms with Crippen molar-refractivity contribution in [3.8, 4) is 11.3 Å². The summed E-state index contributed by atoms with van der Waals surface area (Å²) in [5.41, 5.74) is 3.75. The summed E-state index contributed by atoms with van der Waals surface area (Å²) in [6, 6.07) is 13.6. The highest BCUT2D eigenvalue weighted by molar-refractivity contribution is 6.05. The molecule has 4 aromatic rings. The molecule has 0 bridgehead atoms. The summed E-state index contributed by atoms with van der Waals surface area (Å²) in [6.45, 7) is 9.67. The molecule has 0 saturated carbocycles. The van der Waals surface area contributed by atoms with Crippen molar-refractivity contribution in [1.29, 1.82) is 0 Å². The maximum absolute atomic E-state index is 12.6. The Labute approximate surface area is 174 Å². The Morgan fingerprint density at radius 3 is 2.47 bits per heavy atom. The number of hydrogen-bond donors (Lipinski definition) is 1. The highest BCUT2D eigenvalue weighted by Gasteiger charge is 2.23. The second-order valence-electron chi connectivity index (χ2n) is 8.60. The number of hydrogen-bond acceptors (Lipinski definition) is 4. The summed E-state index contributed by atoms with van der Waals surface area (Å²) in [7, 11) is 0. The van der Waals surface area contributed by atoms with E-state index in [-0.39, 0.29) is 18.1 Å². The van der Waals surface area contributed by atoms with E-state index in [9.17, 15) is 9.59 Å². The SMILES string of the molecule is Cc1ccc2c(c1)c(-c1n[nH]c(=O)c3ccccc13)c(C)n2CC(=O)OC(C)(C)C. The fourth-order valence-electron chi connectivity index (χ4n) is 3.91. The molecule has 0 amide bonds. The predicted octanol–water partition coefficient (Wildman–Crippen LogP) is 4.50. The number of carbonyl (C=O) groups is 1. The van der Waals surface area contributed by atoms with E-state index in [1.54, 1.807) is 6.07 Å². The molecule has 154 valence electrons. The van der Waals surface area contributed by atoms with Crippen molar-refractivity contribution in [2.75, 3.05) is 0 Å². The number of H-pyrrole nitrogens is 1. The standard InChI is InChI=1S/C24H25N3O3/c1-14-10-11-19-18(12-14)21(15(2)27(19)13-20(28)30-24(3,4)5)22-16-8-6-7-9-17(16)23(29)26-25-22/h6-12H,13H2,1-5H3,(H,26,29). The van der Waals surface area contributed by atoms with E-state index in [1.165, 1.54) is 0 Å². The van der Waals surface area contributed by atoms with Gasteiger partial charge in [0, 0.05) is 27.5 Å². The zero-order valence-corrected chi connectivity index (χ0v) is 17.9. The summed E-state index contributed by atoms with van der Waals surface area (Å²) in [6.07, 6.45) is 0. The Morgan fingerprint density at radius 1 is 1.07 bits per heavy atom. The van der Waals surface area contributed by atoms with Gasteiger partial charge in [0.25, 0.3) is 5.56 Å². The van der Waals surface area contributed by atoms with Crippen LogP contribution in [0.1, 0.15) is 32.0 Å². The normalized spacial score (nSPS) is 11.9. The Balaban J connectivity index is 1.97. The first-order valence-electron chi connectivity index (χ1n) is 9.95. The van der Waals surface area contributed by atoms with Crippen LogP contribution in [-0.4, -0.2) is 26.3 Å². The number of benzene rings is 2. The van der Waals surface area contributed by atoms with Gasteiger partial charge in [-0.15, -0.1) is 0 Å². The summed E-state index contributed by atoms with van der Waals surface area (Å²) in [5.74, 6) is -0.297. The zero-order chi connectivity index (χ0) is 21.6. The van der Waals surface area contributed by atoms with Gasteiger partial charge in [0.2, 0.25) is 0 Å². The maximum Gasteiger partial charge on any atom is 0.326 e. The quantitative estimate of drug-likeness (QED) is 0.511. The molecular weight excluding hydrogens is 378 g/mol. The van der Waals surface area contributed by atoms with E-state index in [2.05, 4.69) is 16.3 Å². The monoisotopic (exact) mass is 403 g/mol. The molecule has 2 heterocycles. The van der Waals surface area contributed by atoms with Crippen molar-refractivity contribution >= 4 is 27.6 Å². The molecule has 0 unspecified atom stereocenters. The van der Waals surface area contributed by atoms with Gasteiger partial charge in [0.1, 0.15) is 17.8 Å². The third kappa shape index (κ3) is 3.49. The van der Waals surface area contributed by atoms with E-state index >= 15 is 0 Å². The number of aryl methyl sites for hydroxylation is 1. The molecule has 2 aromatic carbocycles. The molecule has 6 heteroatoms. The highest BCUT2D eigenvalue weighted by atomic mass is 16.6. The lowest BCUT2D eigenvalue weighted by Gasteiger charge is -2.20. The van der Waals surface area contributed by atoms with E-state index in [0.29, 0.717) is 11.1 Å². The first-order valence-corrected chi connectivity index (χ1v) is 9.95. The molecule has 1 N–H and O–H groups in total. The zero-order valence-electron chi connectivity index (χ0n) is 17.9. The molecule has 0 atom stereocenters. The van der Waals surface area contributed by atoms with Crippen LogP contribution in [0.4, 0.5) is 0 Å². The molecule has 4 rings (SSSR count). The molecule has 6 nitrogen and oxygen atoms in total. The van der Waals surface area contributed by atoms with Crippen LogP contribution >= 0.6 is 0 Å². The maximum atomic E-state index is 12.6. The van der Waals surface area contributed by atoms with Crippen LogP contribution in [0, 0.1) is 13.8 Å². The minimum absolute atomic E-state index is 0.101. The van der Waals surface area contributed by atoms with Crippen molar-refractivity contribution in [3.05, 3.63) is 64.1 Å². The summed E-state index contributed by atoms with van der Waals surface area (Å²) in [4.78, 5) is 24.9. The van der Waals surface area contributed by atoms with Gasteiger partial charge >= 0.3 is 5.97 Å². The van der Waals surface area contributed by atoms with Gasteiger partial charge in [-0.25, -0.2) is 5.10 Å². The van der Waals surface area contributed by atoms with E-state index in [0.717, 1.165) is 33.1 Å². The Kier molecular flexibility index (Phi) is 4.73. The van der Waals surface area contributed by atoms with Crippen LogP contribution in [0.3, 0.4) is 0 Å². The minimum Gasteiger partial charge on any atom is -0.459 e. The Hall–Kier alpha value is -3.41. The molecule has 0 aliphatic heterocycles. The summed E-state index contributed by atoms with van der Waals surface area (Å²) in [5, 5.41) is 9.38. The number of ether oxygens (including phenoxy) is 1. The lowest BCUT2D eigenvalue weighted by Crippen LogP contribution is -2.26. The fourth-order valence-corrected chi connectivity index (χ4v) is 3.91. The molecule has 0 saturated heterocycles. The number of nitrogens with one attached hydrogen (secondary N) is 1. The van der Waals surface area contributed by atoms with E-state index in [4.69, 9.17) is 4.74 Å². The number of aromatic amines is 1. The van der Waals surface area contributed by atoms with Crippen LogP contribution < -0.4 is 5.56 Å². The lowest BCUT2D eigenvalue weighted by atomic mass is 10.0. The van der Waals surface area contributed by atoms with Crippen LogP contribution in [0.2, 0.25) is 0 Å². The number of rotatable bonds is 3. The second-order valence-corrected chi connectivity index (χ2v) is 8.60. The van der Waals surface area contributed by atoms with Crippen molar-refractivity contribution in [2.45, 2.75) is 46.8 Å². The molecule has 0 fully saturated rings. The van der Waals surface area contributed by atoms with Gasteiger partial charge in [0.05, 0.1) is 5.39 Å². The first kappa shape index (κ1) is 19.9. The molecule has 0 spiro atoms. The molecule has 0 aliphatic rings. The van der Waals surface area contributed by atoms with Crippen molar-refractivity contribution < 1.29 is 9.53 Å². The predicted molar refractivity (Wildman–Crippen MR) is 119 cm³/mol. The largest absolute Gasteiger partial charge is 0.459 e. The number of aromatic nitrogens is 3. The lowest BCUT2D eigenvalue weighted by molar-refractivity contribution is -0.155. The van der Waals surface area contributed by atoms with E-state index in [1.807, 2.05) is 69.5 Å². The van der Waals surface area contributed by atoms with Crippen LogP contribution in [0.25, 0.3) is 32.9 Å².